The van der Waals surface area contributed by atoms with Gasteiger partial charge in [-0.2, -0.15) is 0 Å². The Bertz CT molecular complexity index is 231. The van der Waals surface area contributed by atoms with Gasteiger partial charge in [0.15, 0.2) is 0 Å². The molecule has 2 heteroatoms. The Morgan fingerprint density at radius 2 is 1.72 bits per heavy atom. The van der Waals surface area contributed by atoms with Crippen LogP contribution in [0, 0.1) is 11.8 Å². The fraction of sp³-hybridized carbons (Fsp3) is 1.00. The van der Waals surface area contributed by atoms with Crippen molar-refractivity contribution in [2.75, 3.05) is 6.61 Å². The molecule has 2 rings (SSSR count). The maximum atomic E-state index is 5.84. The zero-order chi connectivity index (χ0) is 13.0. The van der Waals surface area contributed by atoms with Crippen LogP contribution in [0.5, 0.6) is 0 Å². The largest absolute Gasteiger partial charge is 0.378 e. The third kappa shape index (κ3) is 4.24. The highest BCUT2D eigenvalue weighted by molar-refractivity contribution is 4.85. The number of hydrogen-bond acceptors (Lipinski definition) is 2. The lowest BCUT2D eigenvalue weighted by Gasteiger charge is -2.37. The fourth-order valence-corrected chi connectivity index (χ4v) is 3.97. The highest BCUT2D eigenvalue weighted by Crippen LogP contribution is 2.29. The van der Waals surface area contributed by atoms with Crippen molar-refractivity contribution in [1.29, 1.82) is 0 Å². The summed E-state index contributed by atoms with van der Waals surface area (Å²) in [6, 6.07) is 1.46. The molecule has 4 atom stereocenters. The zero-order valence-electron chi connectivity index (χ0n) is 12.5. The molecule has 4 unspecified atom stereocenters. The first-order valence-electron chi connectivity index (χ1n) is 8.05. The third-order valence-corrected chi connectivity index (χ3v) is 4.63. The predicted molar refractivity (Wildman–Crippen MR) is 76.8 cm³/mol. The van der Waals surface area contributed by atoms with Crippen molar-refractivity contribution in [3.05, 3.63) is 0 Å². The zero-order valence-corrected chi connectivity index (χ0v) is 12.5. The molecule has 0 bridgehead atoms. The van der Waals surface area contributed by atoms with E-state index in [9.17, 15) is 0 Å². The number of hydrogen-bond donors (Lipinski definition) is 1. The summed E-state index contributed by atoms with van der Waals surface area (Å²) in [5, 5.41) is 3.93. The maximum absolute atomic E-state index is 5.84. The summed E-state index contributed by atoms with van der Waals surface area (Å²) in [7, 11) is 0. The van der Waals surface area contributed by atoms with E-state index >= 15 is 0 Å². The molecule has 1 aliphatic carbocycles. The van der Waals surface area contributed by atoms with Crippen molar-refractivity contribution in [1.82, 2.24) is 5.32 Å². The molecule has 106 valence electrons. The smallest absolute Gasteiger partial charge is 0.0589 e. The van der Waals surface area contributed by atoms with Crippen LogP contribution in [-0.4, -0.2) is 24.8 Å². The maximum Gasteiger partial charge on any atom is 0.0589 e. The molecule has 1 saturated carbocycles. The van der Waals surface area contributed by atoms with Gasteiger partial charge in [0.1, 0.15) is 0 Å². The summed E-state index contributed by atoms with van der Waals surface area (Å²) >= 11 is 0. The second-order valence-corrected chi connectivity index (χ2v) is 6.78. The standard InChI is InChI=1S/C16H31NO/c1-4-5-16-11-14(6-7-18-16)17-15-9-12(2)8-13(3)10-15/h12-17H,4-11H2,1-3H3. The molecular formula is C16H31NO. The molecule has 1 aliphatic heterocycles. The lowest BCUT2D eigenvalue weighted by atomic mass is 9.80. The Labute approximate surface area is 113 Å². The third-order valence-electron chi connectivity index (χ3n) is 4.63. The van der Waals surface area contributed by atoms with Crippen molar-refractivity contribution < 1.29 is 4.74 Å². The van der Waals surface area contributed by atoms with Crippen LogP contribution in [0.4, 0.5) is 0 Å². The molecule has 0 spiro atoms. The van der Waals surface area contributed by atoms with Gasteiger partial charge in [0.2, 0.25) is 0 Å². The first-order chi connectivity index (χ1) is 8.67. The topological polar surface area (TPSA) is 21.3 Å². The first kappa shape index (κ1) is 14.3. The van der Waals surface area contributed by atoms with Crippen LogP contribution in [0.15, 0.2) is 0 Å². The Morgan fingerprint density at radius 1 is 1.00 bits per heavy atom. The highest BCUT2D eigenvalue weighted by atomic mass is 16.5. The molecule has 1 N–H and O–H groups in total. The molecule has 2 fully saturated rings. The van der Waals surface area contributed by atoms with E-state index in [1.54, 1.807) is 0 Å². The summed E-state index contributed by atoms with van der Waals surface area (Å²) in [5.41, 5.74) is 0. The number of rotatable bonds is 4. The Morgan fingerprint density at radius 3 is 2.39 bits per heavy atom. The molecule has 1 heterocycles. The molecule has 0 amide bonds. The van der Waals surface area contributed by atoms with Crippen LogP contribution in [0.3, 0.4) is 0 Å². The minimum Gasteiger partial charge on any atom is -0.378 e. The summed E-state index contributed by atoms with van der Waals surface area (Å²) in [4.78, 5) is 0. The lowest BCUT2D eigenvalue weighted by Crippen LogP contribution is -2.46. The Balaban J connectivity index is 1.77. The van der Waals surface area contributed by atoms with Crippen molar-refractivity contribution in [2.45, 2.75) is 83.9 Å². The summed E-state index contributed by atoms with van der Waals surface area (Å²) in [6.45, 7) is 8.04. The van der Waals surface area contributed by atoms with Crippen LogP contribution < -0.4 is 5.32 Å². The molecule has 2 nitrogen and oxygen atoms in total. The van der Waals surface area contributed by atoms with Gasteiger partial charge >= 0.3 is 0 Å². The van der Waals surface area contributed by atoms with Gasteiger partial charge in [0.25, 0.3) is 0 Å². The van der Waals surface area contributed by atoms with Gasteiger partial charge in [-0.25, -0.2) is 0 Å². The van der Waals surface area contributed by atoms with Gasteiger partial charge in [-0.15, -0.1) is 0 Å². The van der Waals surface area contributed by atoms with Crippen LogP contribution in [-0.2, 0) is 4.74 Å². The SMILES string of the molecule is CCCC1CC(NC2CC(C)CC(C)C2)CCO1. The van der Waals surface area contributed by atoms with E-state index in [0.717, 1.165) is 24.5 Å². The van der Waals surface area contributed by atoms with Crippen molar-refractivity contribution >= 4 is 0 Å². The number of nitrogens with one attached hydrogen (secondary N) is 1. The molecule has 1 saturated heterocycles. The van der Waals surface area contributed by atoms with Gasteiger partial charge in [-0.05, 0) is 50.4 Å². The molecule has 0 aromatic carbocycles. The fourth-order valence-electron chi connectivity index (χ4n) is 3.97. The minimum absolute atomic E-state index is 0.514. The predicted octanol–water partition coefficient (Wildman–Crippen LogP) is 3.75. The van der Waals surface area contributed by atoms with E-state index in [1.165, 1.54) is 44.9 Å². The normalized spacial score (nSPS) is 41.8. The van der Waals surface area contributed by atoms with E-state index in [-0.39, 0.29) is 0 Å². The van der Waals surface area contributed by atoms with Crippen molar-refractivity contribution in [3.63, 3.8) is 0 Å². The minimum atomic E-state index is 0.514. The van der Waals surface area contributed by atoms with Crippen LogP contribution in [0.25, 0.3) is 0 Å². The molecule has 0 aromatic heterocycles. The summed E-state index contributed by atoms with van der Waals surface area (Å²) in [5.74, 6) is 1.80. The average Bonchev–Trinajstić information content (AvgIpc) is 2.28. The van der Waals surface area contributed by atoms with Gasteiger partial charge in [-0.1, -0.05) is 27.2 Å². The van der Waals surface area contributed by atoms with E-state index in [0.29, 0.717) is 12.1 Å². The lowest BCUT2D eigenvalue weighted by molar-refractivity contribution is -0.00675. The van der Waals surface area contributed by atoms with Gasteiger partial charge in [-0.3, -0.25) is 0 Å². The van der Waals surface area contributed by atoms with E-state index in [1.807, 2.05) is 0 Å². The molecule has 0 radical (unpaired) electrons. The molecular weight excluding hydrogens is 222 g/mol. The summed E-state index contributed by atoms with van der Waals surface area (Å²) in [6.07, 6.45) is 9.60. The second kappa shape index (κ2) is 6.91. The Kier molecular flexibility index (Phi) is 5.50. The van der Waals surface area contributed by atoms with Crippen LogP contribution >= 0.6 is 0 Å². The molecule has 2 aliphatic rings. The van der Waals surface area contributed by atoms with E-state index in [4.69, 9.17) is 4.74 Å². The number of ether oxygens (including phenoxy) is 1. The van der Waals surface area contributed by atoms with E-state index < -0.39 is 0 Å². The first-order valence-corrected chi connectivity index (χ1v) is 8.05. The molecule has 18 heavy (non-hydrogen) atoms. The monoisotopic (exact) mass is 253 g/mol. The quantitative estimate of drug-likeness (QED) is 0.824. The summed E-state index contributed by atoms with van der Waals surface area (Å²) < 4.78 is 5.84. The molecule has 0 aromatic rings. The average molecular weight is 253 g/mol. The van der Waals surface area contributed by atoms with Crippen LogP contribution in [0.1, 0.15) is 65.7 Å². The van der Waals surface area contributed by atoms with Crippen molar-refractivity contribution in [2.24, 2.45) is 11.8 Å². The highest BCUT2D eigenvalue weighted by Gasteiger charge is 2.28. The van der Waals surface area contributed by atoms with Gasteiger partial charge in [0.05, 0.1) is 6.10 Å². The van der Waals surface area contributed by atoms with Crippen molar-refractivity contribution in [3.8, 4) is 0 Å². The van der Waals surface area contributed by atoms with Gasteiger partial charge in [0, 0.05) is 18.7 Å². The second-order valence-electron chi connectivity index (χ2n) is 6.78. The Hall–Kier alpha value is -0.0800. The van der Waals surface area contributed by atoms with E-state index in [2.05, 4.69) is 26.1 Å². The van der Waals surface area contributed by atoms with Gasteiger partial charge < -0.3 is 10.1 Å². The van der Waals surface area contributed by atoms with Crippen LogP contribution in [0.2, 0.25) is 0 Å².